The zero-order chi connectivity index (χ0) is 20.4. The number of carbonyl (C=O) groups excluding carboxylic acids is 2. The van der Waals surface area contributed by atoms with Gasteiger partial charge in [0.15, 0.2) is 0 Å². The van der Waals surface area contributed by atoms with Crippen LogP contribution >= 0.6 is 0 Å². The molecule has 6 nitrogen and oxygen atoms in total. The molecule has 1 aromatic carbocycles. The van der Waals surface area contributed by atoms with E-state index in [1.165, 1.54) is 0 Å². The minimum atomic E-state index is -0.584. The lowest BCUT2D eigenvalue weighted by Crippen LogP contribution is -2.34. The van der Waals surface area contributed by atoms with Crippen LogP contribution in [0.1, 0.15) is 57.0 Å². The average molecular weight is 379 g/mol. The molecule has 0 bridgehead atoms. The summed E-state index contributed by atoms with van der Waals surface area (Å²) < 4.78 is 16.4. The summed E-state index contributed by atoms with van der Waals surface area (Å²) in [6, 6.07) is 5.47. The molecule has 27 heavy (non-hydrogen) atoms. The van der Waals surface area contributed by atoms with Crippen LogP contribution in [0.3, 0.4) is 0 Å². The molecule has 0 aliphatic rings. The van der Waals surface area contributed by atoms with Crippen LogP contribution in [0, 0.1) is 5.92 Å². The summed E-state index contributed by atoms with van der Waals surface area (Å²) in [6.45, 7) is 10.6. The van der Waals surface area contributed by atoms with Gasteiger partial charge < -0.3 is 19.5 Å². The third-order valence-corrected chi connectivity index (χ3v) is 3.96. The van der Waals surface area contributed by atoms with E-state index in [1.807, 2.05) is 32.9 Å². The van der Waals surface area contributed by atoms with E-state index in [2.05, 4.69) is 19.2 Å². The summed E-state index contributed by atoms with van der Waals surface area (Å²) >= 11 is 0. The van der Waals surface area contributed by atoms with Gasteiger partial charge >= 0.3 is 5.97 Å². The molecule has 1 unspecified atom stereocenters. The summed E-state index contributed by atoms with van der Waals surface area (Å²) in [4.78, 5) is 23.4. The fraction of sp³-hybridized carbons (Fsp3) is 0.619. The minimum Gasteiger partial charge on any atom is -0.493 e. The molecule has 0 heterocycles. The number of carbonyl (C=O) groups is 2. The highest BCUT2D eigenvalue weighted by molar-refractivity contribution is 5.92. The molecule has 0 aromatic heterocycles. The molecular formula is C21H33NO5. The van der Waals surface area contributed by atoms with Crippen molar-refractivity contribution in [1.29, 1.82) is 0 Å². The first-order valence-corrected chi connectivity index (χ1v) is 9.35. The Morgan fingerprint density at radius 2 is 1.93 bits per heavy atom. The van der Waals surface area contributed by atoms with E-state index in [4.69, 9.17) is 14.2 Å². The molecule has 0 aliphatic carbocycles. The first-order valence-electron chi connectivity index (χ1n) is 9.35. The lowest BCUT2D eigenvalue weighted by atomic mass is 9.95. The number of ether oxygens (including phenoxy) is 3. The Morgan fingerprint density at radius 1 is 1.22 bits per heavy atom. The summed E-state index contributed by atoms with van der Waals surface area (Å²) in [7, 11) is 1.64. The molecule has 1 N–H and O–H groups in total. The molecule has 6 heteroatoms. The quantitative estimate of drug-likeness (QED) is 0.362. The molecule has 0 saturated carbocycles. The van der Waals surface area contributed by atoms with Crippen molar-refractivity contribution in [3.8, 4) is 5.75 Å². The van der Waals surface area contributed by atoms with Crippen molar-refractivity contribution in [2.75, 3.05) is 20.3 Å². The van der Waals surface area contributed by atoms with Gasteiger partial charge in [-0.2, -0.15) is 0 Å². The molecule has 0 saturated heterocycles. The first kappa shape index (κ1) is 23.0. The molecule has 0 spiro atoms. The fourth-order valence-corrected chi connectivity index (χ4v) is 2.53. The first-order chi connectivity index (χ1) is 12.7. The van der Waals surface area contributed by atoms with E-state index in [9.17, 15) is 9.59 Å². The van der Waals surface area contributed by atoms with E-state index in [0.29, 0.717) is 30.9 Å². The third-order valence-electron chi connectivity index (χ3n) is 3.96. The molecule has 1 rings (SSSR count). The van der Waals surface area contributed by atoms with Gasteiger partial charge in [0, 0.05) is 26.2 Å². The van der Waals surface area contributed by atoms with Gasteiger partial charge in [0.25, 0.3) is 0 Å². The van der Waals surface area contributed by atoms with E-state index < -0.39 is 11.6 Å². The molecule has 1 aromatic rings. The maximum atomic E-state index is 12.5. The van der Waals surface area contributed by atoms with Gasteiger partial charge in [-0.1, -0.05) is 19.9 Å². The smallest absolute Gasteiger partial charge is 0.342 e. The highest BCUT2D eigenvalue weighted by atomic mass is 16.6. The number of rotatable bonds is 11. The maximum absolute atomic E-state index is 12.5. The lowest BCUT2D eigenvalue weighted by Gasteiger charge is -2.22. The second kappa shape index (κ2) is 10.9. The number of benzene rings is 1. The Morgan fingerprint density at radius 3 is 2.48 bits per heavy atom. The van der Waals surface area contributed by atoms with Crippen molar-refractivity contribution < 1.29 is 23.8 Å². The molecule has 0 radical (unpaired) electrons. The summed E-state index contributed by atoms with van der Waals surface area (Å²) in [6.07, 6.45) is 2.09. The average Bonchev–Trinajstić information content (AvgIpc) is 2.57. The molecule has 0 fully saturated rings. The van der Waals surface area contributed by atoms with Crippen LogP contribution < -0.4 is 10.1 Å². The second-order valence-electron chi connectivity index (χ2n) is 7.87. The Hall–Kier alpha value is -2.08. The number of methoxy groups -OCH3 is 1. The zero-order valence-electron chi connectivity index (χ0n) is 17.3. The number of nitrogens with one attached hydrogen (secondary N) is 1. The van der Waals surface area contributed by atoms with Gasteiger partial charge in [0.05, 0.1) is 6.61 Å². The van der Waals surface area contributed by atoms with Crippen LogP contribution in [-0.2, 0) is 20.7 Å². The van der Waals surface area contributed by atoms with Crippen molar-refractivity contribution in [1.82, 2.24) is 5.32 Å². The van der Waals surface area contributed by atoms with Gasteiger partial charge in [-0.25, -0.2) is 4.79 Å². The monoisotopic (exact) mass is 379 g/mol. The second-order valence-corrected chi connectivity index (χ2v) is 7.87. The number of esters is 1. The third kappa shape index (κ3) is 8.43. The van der Waals surface area contributed by atoms with Gasteiger partial charge in [-0.3, -0.25) is 4.79 Å². The standard InChI is InChI=1S/C21H33NO5/c1-15(2)18(22-14-23)12-16-8-9-17(20(24)27-21(3,4)5)19(13-16)26-11-7-10-25-6/h8-9,13-15,18H,7,10-12H2,1-6H3,(H,22,23). The largest absolute Gasteiger partial charge is 0.493 e. The van der Waals surface area contributed by atoms with Crippen LogP contribution in [-0.4, -0.2) is 44.3 Å². The summed E-state index contributed by atoms with van der Waals surface area (Å²) in [5.41, 5.74) is 0.798. The van der Waals surface area contributed by atoms with Crippen LogP contribution in [0.4, 0.5) is 0 Å². The SMILES string of the molecule is COCCCOc1cc(CC(NC=O)C(C)C)ccc1C(=O)OC(C)(C)C. The Bertz CT molecular complexity index is 607. The topological polar surface area (TPSA) is 73.9 Å². The Kier molecular flexibility index (Phi) is 9.29. The van der Waals surface area contributed by atoms with Crippen LogP contribution in [0.5, 0.6) is 5.75 Å². The van der Waals surface area contributed by atoms with Crippen molar-refractivity contribution in [3.63, 3.8) is 0 Å². The Labute approximate surface area is 162 Å². The molecular weight excluding hydrogens is 346 g/mol. The van der Waals surface area contributed by atoms with Gasteiger partial charge in [0.1, 0.15) is 16.9 Å². The van der Waals surface area contributed by atoms with E-state index in [-0.39, 0.29) is 12.0 Å². The number of hydrogen-bond donors (Lipinski definition) is 1. The van der Waals surface area contributed by atoms with Crippen LogP contribution in [0.25, 0.3) is 0 Å². The predicted molar refractivity (Wildman–Crippen MR) is 105 cm³/mol. The van der Waals surface area contributed by atoms with E-state index in [0.717, 1.165) is 18.4 Å². The zero-order valence-corrected chi connectivity index (χ0v) is 17.3. The lowest BCUT2D eigenvalue weighted by molar-refractivity contribution is -0.110. The number of amides is 1. The van der Waals surface area contributed by atoms with E-state index in [1.54, 1.807) is 13.2 Å². The fourth-order valence-electron chi connectivity index (χ4n) is 2.53. The maximum Gasteiger partial charge on any atom is 0.342 e. The normalized spacial score (nSPS) is 12.6. The summed E-state index contributed by atoms with van der Waals surface area (Å²) in [5.74, 6) is 0.362. The number of hydrogen-bond acceptors (Lipinski definition) is 5. The van der Waals surface area contributed by atoms with Gasteiger partial charge in [-0.15, -0.1) is 0 Å². The predicted octanol–water partition coefficient (Wildman–Crippen LogP) is 3.37. The van der Waals surface area contributed by atoms with Crippen LogP contribution in [0.2, 0.25) is 0 Å². The highest BCUT2D eigenvalue weighted by Crippen LogP contribution is 2.25. The summed E-state index contributed by atoms with van der Waals surface area (Å²) in [5, 5.41) is 2.85. The van der Waals surface area contributed by atoms with Crippen molar-refractivity contribution in [3.05, 3.63) is 29.3 Å². The highest BCUT2D eigenvalue weighted by Gasteiger charge is 2.22. The molecule has 0 aliphatic heterocycles. The molecule has 152 valence electrons. The van der Waals surface area contributed by atoms with Crippen molar-refractivity contribution in [2.45, 2.75) is 59.1 Å². The van der Waals surface area contributed by atoms with Crippen molar-refractivity contribution >= 4 is 12.4 Å². The van der Waals surface area contributed by atoms with Gasteiger partial charge in [0.2, 0.25) is 6.41 Å². The molecule has 1 atom stereocenters. The minimum absolute atomic E-state index is 0.0104. The Balaban J connectivity index is 3.04. The van der Waals surface area contributed by atoms with Crippen molar-refractivity contribution in [2.24, 2.45) is 5.92 Å². The molecule has 1 amide bonds. The van der Waals surface area contributed by atoms with E-state index >= 15 is 0 Å². The van der Waals surface area contributed by atoms with Crippen LogP contribution in [0.15, 0.2) is 18.2 Å². The van der Waals surface area contributed by atoms with Gasteiger partial charge in [-0.05, 0) is 50.8 Å².